The van der Waals surface area contributed by atoms with Gasteiger partial charge in [0.1, 0.15) is 0 Å². The van der Waals surface area contributed by atoms with E-state index in [1.165, 1.54) is 56.0 Å². The minimum atomic E-state index is 0.534. The molecular formula is C16H23N3. The summed E-state index contributed by atoms with van der Waals surface area (Å²) in [6.45, 7) is 2.11. The average molecular weight is 257 g/mol. The van der Waals surface area contributed by atoms with E-state index < -0.39 is 0 Å². The van der Waals surface area contributed by atoms with Gasteiger partial charge in [0.25, 0.3) is 0 Å². The predicted molar refractivity (Wildman–Crippen MR) is 80.2 cm³/mol. The van der Waals surface area contributed by atoms with Gasteiger partial charge in [-0.15, -0.1) is 0 Å². The molecule has 3 nitrogen and oxygen atoms in total. The van der Waals surface area contributed by atoms with Gasteiger partial charge in [-0.05, 0) is 31.4 Å². The second-order valence-corrected chi connectivity index (χ2v) is 5.78. The molecule has 1 heterocycles. The Kier molecular flexibility index (Phi) is 3.45. The molecule has 3 rings (SSSR count). The van der Waals surface area contributed by atoms with Gasteiger partial charge in [-0.25, -0.2) is 4.98 Å². The van der Waals surface area contributed by atoms with Crippen molar-refractivity contribution >= 4 is 17.0 Å². The van der Waals surface area contributed by atoms with Gasteiger partial charge in [0.2, 0.25) is 5.95 Å². The topological polar surface area (TPSA) is 43.8 Å². The Morgan fingerprint density at radius 2 is 1.79 bits per heavy atom. The maximum absolute atomic E-state index is 6.19. The number of hydrogen-bond donors (Lipinski definition) is 1. The molecule has 1 aliphatic carbocycles. The first-order chi connectivity index (χ1) is 9.27. The minimum absolute atomic E-state index is 0.534. The number of aromatic nitrogens is 2. The maximum atomic E-state index is 6.19. The predicted octanol–water partition coefficient (Wildman–Crippen LogP) is 4.21. The number of anilines is 1. The Morgan fingerprint density at radius 1 is 1.11 bits per heavy atom. The second kappa shape index (κ2) is 5.24. The van der Waals surface area contributed by atoms with Gasteiger partial charge in [-0.1, -0.05) is 44.2 Å². The SMILES string of the molecule is Cc1cccc2c1nc(N)n2C1CCCCCCC1. The van der Waals surface area contributed by atoms with Crippen molar-refractivity contribution in [1.29, 1.82) is 0 Å². The number of benzene rings is 1. The fourth-order valence-electron chi connectivity index (χ4n) is 3.35. The number of nitrogen functional groups attached to an aromatic ring is 1. The van der Waals surface area contributed by atoms with Gasteiger partial charge in [0.15, 0.2) is 0 Å². The summed E-state index contributed by atoms with van der Waals surface area (Å²) in [7, 11) is 0. The third-order valence-corrected chi connectivity index (χ3v) is 4.39. The normalized spacial score (nSPS) is 18.4. The van der Waals surface area contributed by atoms with Crippen molar-refractivity contribution in [2.75, 3.05) is 5.73 Å². The van der Waals surface area contributed by atoms with Gasteiger partial charge in [-0.3, -0.25) is 0 Å². The van der Waals surface area contributed by atoms with E-state index in [1.54, 1.807) is 0 Å². The molecule has 102 valence electrons. The number of fused-ring (bicyclic) bond motifs is 1. The maximum Gasteiger partial charge on any atom is 0.201 e. The zero-order chi connectivity index (χ0) is 13.2. The molecule has 0 amide bonds. The van der Waals surface area contributed by atoms with Crippen LogP contribution in [0.3, 0.4) is 0 Å². The van der Waals surface area contributed by atoms with E-state index >= 15 is 0 Å². The second-order valence-electron chi connectivity index (χ2n) is 5.78. The van der Waals surface area contributed by atoms with E-state index in [4.69, 9.17) is 5.73 Å². The molecule has 2 N–H and O–H groups in total. The van der Waals surface area contributed by atoms with Crippen molar-refractivity contribution in [1.82, 2.24) is 9.55 Å². The molecule has 3 heteroatoms. The highest BCUT2D eigenvalue weighted by atomic mass is 15.2. The highest BCUT2D eigenvalue weighted by Crippen LogP contribution is 2.32. The fourth-order valence-corrected chi connectivity index (χ4v) is 3.35. The first-order valence-electron chi connectivity index (χ1n) is 7.50. The molecule has 0 spiro atoms. The fraction of sp³-hybridized carbons (Fsp3) is 0.562. The molecular weight excluding hydrogens is 234 g/mol. The number of hydrogen-bond acceptors (Lipinski definition) is 2. The first-order valence-corrected chi connectivity index (χ1v) is 7.50. The Bertz CT molecular complexity index is 563. The summed E-state index contributed by atoms with van der Waals surface area (Å²) >= 11 is 0. The lowest BCUT2D eigenvalue weighted by Crippen LogP contribution is -2.13. The molecule has 0 atom stereocenters. The van der Waals surface area contributed by atoms with Crippen LogP contribution in [0.4, 0.5) is 5.95 Å². The number of imidazole rings is 1. The highest BCUT2D eigenvalue weighted by molar-refractivity contribution is 5.81. The monoisotopic (exact) mass is 257 g/mol. The standard InChI is InChI=1S/C16H23N3/c1-12-8-7-11-14-15(12)18-16(17)19(14)13-9-5-3-2-4-6-10-13/h7-8,11,13H,2-6,9-10H2,1H3,(H2,17,18). The molecule has 0 saturated heterocycles. The van der Waals surface area contributed by atoms with Crippen LogP contribution in [-0.4, -0.2) is 9.55 Å². The lowest BCUT2D eigenvalue weighted by atomic mass is 9.96. The molecule has 1 aromatic carbocycles. The summed E-state index contributed by atoms with van der Waals surface area (Å²) < 4.78 is 2.29. The Labute approximate surface area is 114 Å². The van der Waals surface area contributed by atoms with Crippen LogP contribution in [0.25, 0.3) is 11.0 Å². The van der Waals surface area contributed by atoms with E-state index in [2.05, 4.69) is 34.7 Å². The van der Waals surface area contributed by atoms with E-state index in [9.17, 15) is 0 Å². The Hall–Kier alpha value is -1.51. The zero-order valence-corrected chi connectivity index (χ0v) is 11.7. The van der Waals surface area contributed by atoms with Gasteiger partial charge < -0.3 is 10.3 Å². The van der Waals surface area contributed by atoms with Crippen LogP contribution >= 0.6 is 0 Å². The summed E-state index contributed by atoms with van der Waals surface area (Å²) in [4.78, 5) is 4.58. The van der Waals surface area contributed by atoms with Crippen molar-refractivity contribution in [2.24, 2.45) is 0 Å². The smallest absolute Gasteiger partial charge is 0.201 e. The summed E-state index contributed by atoms with van der Waals surface area (Å²) in [6.07, 6.45) is 9.23. The summed E-state index contributed by atoms with van der Waals surface area (Å²) in [5.41, 5.74) is 9.69. The number of rotatable bonds is 1. The van der Waals surface area contributed by atoms with Crippen molar-refractivity contribution in [2.45, 2.75) is 57.9 Å². The molecule has 0 radical (unpaired) electrons. The van der Waals surface area contributed by atoms with Crippen LogP contribution in [0.15, 0.2) is 18.2 Å². The van der Waals surface area contributed by atoms with Crippen molar-refractivity contribution < 1.29 is 0 Å². The quantitative estimate of drug-likeness (QED) is 0.831. The summed E-state index contributed by atoms with van der Waals surface area (Å²) in [5, 5.41) is 0. The van der Waals surface area contributed by atoms with E-state index in [1.807, 2.05) is 0 Å². The van der Waals surface area contributed by atoms with Gasteiger partial charge in [0, 0.05) is 6.04 Å². The van der Waals surface area contributed by atoms with Crippen LogP contribution in [0.1, 0.15) is 56.6 Å². The van der Waals surface area contributed by atoms with E-state index in [0.717, 1.165) is 5.52 Å². The Balaban J connectivity index is 2.03. The van der Waals surface area contributed by atoms with Gasteiger partial charge >= 0.3 is 0 Å². The van der Waals surface area contributed by atoms with Crippen LogP contribution in [0.2, 0.25) is 0 Å². The molecule has 0 unspecified atom stereocenters. The van der Waals surface area contributed by atoms with Crippen LogP contribution < -0.4 is 5.73 Å². The third-order valence-electron chi connectivity index (χ3n) is 4.39. The van der Waals surface area contributed by atoms with Crippen LogP contribution in [0.5, 0.6) is 0 Å². The van der Waals surface area contributed by atoms with Gasteiger partial charge in [-0.2, -0.15) is 0 Å². The lowest BCUT2D eigenvalue weighted by molar-refractivity contribution is 0.381. The zero-order valence-electron chi connectivity index (χ0n) is 11.7. The van der Waals surface area contributed by atoms with E-state index in [-0.39, 0.29) is 0 Å². The van der Waals surface area contributed by atoms with Crippen molar-refractivity contribution in [3.05, 3.63) is 23.8 Å². The summed E-state index contributed by atoms with van der Waals surface area (Å²) in [6, 6.07) is 6.91. The van der Waals surface area contributed by atoms with E-state index in [0.29, 0.717) is 12.0 Å². The minimum Gasteiger partial charge on any atom is -0.369 e. The number of nitrogens with two attached hydrogens (primary N) is 1. The van der Waals surface area contributed by atoms with Crippen LogP contribution in [-0.2, 0) is 0 Å². The van der Waals surface area contributed by atoms with Crippen molar-refractivity contribution in [3.63, 3.8) is 0 Å². The molecule has 1 saturated carbocycles. The van der Waals surface area contributed by atoms with Crippen molar-refractivity contribution in [3.8, 4) is 0 Å². The third kappa shape index (κ3) is 2.34. The van der Waals surface area contributed by atoms with Gasteiger partial charge in [0.05, 0.1) is 11.0 Å². The molecule has 1 aromatic heterocycles. The number of aryl methyl sites for hydroxylation is 1. The molecule has 0 bridgehead atoms. The summed E-state index contributed by atoms with van der Waals surface area (Å²) in [5.74, 6) is 0.690. The molecule has 2 aromatic rings. The number of nitrogens with zero attached hydrogens (tertiary/aromatic N) is 2. The first kappa shape index (κ1) is 12.5. The Morgan fingerprint density at radius 3 is 2.53 bits per heavy atom. The largest absolute Gasteiger partial charge is 0.369 e. The highest BCUT2D eigenvalue weighted by Gasteiger charge is 2.19. The molecule has 1 aliphatic rings. The number of para-hydroxylation sites is 1. The lowest BCUT2D eigenvalue weighted by Gasteiger charge is -2.22. The average Bonchev–Trinajstić information content (AvgIpc) is 2.68. The molecule has 0 aliphatic heterocycles. The van der Waals surface area contributed by atoms with Crippen LogP contribution in [0, 0.1) is 6.92 Å². The molecule has 1 fully saturated rings. The molecule has 19 heavy (non-hydrogen) atoms.